The first kappa shape index (κ1) is 20.0. The van der Waals surface area contributed by atoms with Gasteiger partial charge >= 0.3 is 0 Å². The zero-order chi connectivity index (χ0) is 20.4. The zero-order valence-electron chi connectivity index (χ0n) is 16.2. The van der Waals surface area contributed by atoms with E-state index in [0.29, 0.717) is 30.8 Å². The molecular formula is C22H23FN2O3S. The average Bonchev–Trinajstić information content (AvgIpc) is 3.42. The van der Waals surface area contributed by atoms with E-state index in [-0.39, 0.29) is 27.9 Å². The average molecular weight is 415 g/mol. The van der Waals surface area contributed by atoms with Crippen molar-refractivity contribution in [3.63, 3.8) is 0 Å². The highest BCUT2D eigenvalue weighted by atomic mass is 32.2. The molecule has 1 aromatic carbocycles. The van der Waals surface area contributed by atoms with E-state index in [9.17, 15) is 14.0 Å². The lowest BCUT2D eigenvalue weighted by molar-refractivity contribution is -0.126. The number of hydrogen-bond donors (Lipinski definition) is 0. The van der Waals surface area contributed by atoms with Crippen LogP contribution in [0.5, 0.6) is 0 Å². The largest absolute Gasteiger partial charge is 0.444 e. The molecule has 2 heterocycles. The summed E-state index contributed by atoms with van der Waals surface area (Å²) < 4.78 is 20.0. The van der Waals surface area contributed by atoms with Gasteiger partial charge in [-0.2, -0.15) is 0 Å². The summed E-state index contributed by atoms with van der Waals surface area (Å²) >= 11 is 1.29. The van der Waals surface area contributed by atoms with Gasteiger partial charge in [-0.3, -0.25) is 14.5 Å². The van der Waals surface area contributed by atoms with Crippen LogP contribution in [0.4, 0.5) is 4.39 Å². The van der Waals surface area contributed by atoms with Gasteiger partial charge in [0.1, 0.15) is 11.6 Å². The summed E-state index contributed by atoms with van der Waals surface area (Å²) in [5.74, 6) is 0.358. The zero-order valence-corrected chi connectivity index (χ0v) is 17.0. The van der Waals surface area contributed by atoms with E-state index >= 15 is 0 Å². The molecule has 1 aromatic heterocycles. The number of ketones is 1. The first-order valence-electron chi connectivity index (χ1n) is 9.81. The predicted octanol–water partition coefficient (Wildman–Crippen LogP) is 4.27. The summed E-state index contributed by atoms with van der Waals surface area (Å²) in [6.07, 6.45) is 7.32. The standard InChI is InChI=1S/C22H23FN2O3S/c1-14(26)29-20-8-9-25(12-16(20)10-17-11-24-13-28-17)21(22(27)15-6-7-15)18-4-2-3-5-19(18)23/h2-5,10-11,13,15,20-21H,6-9,12H2,1H3/b16-10-. The molecule has 7 heteroatoms. The van der Waals surface area contributed by atoms with Crippen LogP contribution in [0.15, 0.2) is 46.8 Å². The lowest BCUT2D eigenvalue weighted by Crippen LogP contribution is -2.43. The molecule has 2 atom stereocenters. The molecule has 0 radical (unpaired) electrons. The maximum Gasteiger partial charge on any atom is 0.186 e. The van der Waals surface area contributed by atoms with Crippen molar-refractivity contribution < 1.29 is 18.4 Å². The third-order valence-corrected chi connectivity index (χ3v) is 6.53. The maximum absolute atomic E-state index is 14.6. The van der Waals surface area contributed by atoms with Crippen LogP contribution in [0.1, 0.15) is 43.6 Å². The van der Waals surface area contributed by atoms with E-state index in [0.717, 1.165) is 18.4 Å². The molecule has 0 amide bonds. The van der Waals surface area contributed by atoms with Crippen LogP contribution in [-0.4, -0.2) is 39.1 Å². The molecule has 0 bridgehead atoms. The highest BCUT2D eigenvalue weighted by molar-refractivity contribution is 8.14. The Hall–Kier alpha value is -2.25. The Morgan fingerprint density at radius 2 is 2.10 bits per heavy atom. The topological polar surface area (TPSA) is 63.4 Å². The number of oxazole rings is 1. The van der Waals surface area contributed by atoms with E-state index in [1.54, 1.807) is 31.3 Å². The molecule has 2 unspecified atom stereocenters. The van der Waals surface area contributed by atoms with Crippen LogP contribution in [0.2, 0.25) is 0 Å². The number of rotatable bonds is 6. The number of carbonyl (C=O) groups is 2. The molecule has 2 aromatic rings. The smallest absolute Gasteiger partial charge is 0.186 e. The fraction of sp³-hybridized carbons (Fsp3) is 0.409. The van der Waals surface area contributed by atoms with Gasteiger partial charge in [0.25, 0.3) is 0 Å². The number of halogens is 1. The highest BCUT2D eigenvalue weighted by Crippen LogP contribution is 2.40. The molecule has 0 N–H and O–H groups in total. The molecule has 1 aliphatic carbocycles. The second-order valence-electron chi connectivity index (χ2n) is 7.58. The number of thioether (sulfide) groups is 1. The van der Waals surface area contributed by atoms with Gasteiger partial charge in [0.15, 0.2) is 17.3 Å². The molecule has 29 heavy (non-hydrogen) atoms. The van der Waals surface area contributed by atoms with Gasteiger partial charge in [-0.25, -0.2) is 9.37 Å². The lowest BCUT2D eigenvalue weighted by atomic mass is 9.93. The molecule has 1 saturated heterocycles. The Morgan fingerprint density at radius 3 is 2.76 bits per heavy atom. The molecule has 5 nitrogen and oxygen atoms in total. The summed E-state index contributed by atoms with van der Waals surface area (Å²) in [5, 5.41) is 0.0535. The van der Waals surface area contributed by atoms with E-state index in [1.807, 2.05) is 11.0 Å². The number of hydrogen-bond acceptors (Lipinski definition) is 6. The first-order valence-corrected chi connectivity index (χ1v) is 10.7. The normalized spacial score (nSPS) is 22.6. The van der Waals surface area contributed by atoms with E-state index in [2.05, 4.69) is 4.98 Å². The number of aromatic nitrogens is 1. The van der Waals surface area contributed by atoms with Gasteiger partial charge in [-0.1, -0.05) is 30.0 Å². The molecule has 2 aliphatic rings. The van der Waals surface area contributed by atoms with Gasteiger partial charge in [0.2, 0.25) is 0 Å². The van der Waals surface area contributed by atoms with Crippen LogP contribution in [0.25, 0.3) is 6.08 Å². The SMILES string of the molecule is CC(=O)SC1CCN(C(C(=O)C2CC2)c2ccccc2F)C/C1=C/c1cnco1. The monoisotopic (exact) mass is 414 g/mol. The fourth-order valence-electron chi connectivity index (χ4n) is 3.88. The van der Waals surface area contributed by atoms with E-state index in [1.165, 1.54) is 24.2 Å². The summed E-state index contributed by atoms with van der Waals surface area (Å²) in [6, 6.07) is 5.92. The molecule has 1 aliphatic heterocycles. The molecule has 0 spiro atoms. The predicted molar refractivity (Wildman–Crippen MR) is 110 cm³/mol. The number of nitrogens with zero attached hydrogens (tertiary/aromatic N) is 2. The lowest BCUT2D eigenvalue weighted by Gasteiger charge is -2.38. The minimum atomic E-state index is -0.606. The highest BCUT2D eigenvalue weighted by Gasteiger charge is 2.41. The second-order valence-corrected chi connectivity index (χ2v) is 8.96. The van der Waals surface area contributed by atoms with Crippen molar-refractivity contribution in [2.24, 2.45) is 5.92 Å². The number of Topliss-reactive ketones (excluding diaryl/α,β-unsaturated/α-hetero) is 1. The Morgan fingerprint density at radius 1 is 1.31 bits per heavy atom. The minimum absolute atomic E-state index is 0.00569. The number of benzene rings is 1. The third-order valence-electron chi connectivity index (χ3n) is 5.38. The molecule has 2 fully saturated rings. The van der Waals surface area contributed by atoms with E-state index in [4.69, 9.17) is 4.42 Å². The summed E-state index contributed by atoms with van der Waals surface area (Å²) in [4.78, 5) is 30.8. The van der Waals surface area contributed by atoms with Gasteiger partial charge < -0.3 is 4.42 Å². The van der Waals surface area contributed by atoms with Crippen LogP contribution in [-0.2, 0) is 9.59 Å². The van der Waals surface area contributed by atoms with Gasteiger partial charge in [0, 0.05) is 36.7 Å². The Balaban J connectivity index is 1.66. The van der Waals surface area contributed by atoms with Gasteiger partial charge in [-0.05, 0) is 37.0 Å². The van der Waals surface area contributed by atoms with Crippen molar-refractivity contribution >= 4 is 28.7 Å². The summed E-state index contributed by atoms with van der Waals surface area (Å²) in [5.41, 5.74) is 1.42. The van der Waals surface area contributed by atoms with Crippen molar-refractivity contribution in [2.75, 3.05) is 13.1 Å². The maximum atomic E-state index is 14.6. The van der Waals surface area contributed by atoms with Crippen molar-refractivity contribution in [1.82, 2.24) is 9.88 Å². The summed E-state index contributed by atoms with van der Waals surface area (Å²) in [7, 11) is 0. The van der Waals surface area contributed by atoms with Crippen LogP contribution < -0.4 is 0 Å². The fourth-order valence-corrected chi connectivity index (χ4v) is 4.79. The molecular weight excluding hydrogens is 391 g/mol. The Kier molecular flexibility index (Phi) is 5.96. The van der Waals surface area contributed by atoms with Crippen molar-refractivity contribution in [3.8, 4) is 0 Å². The quantitative estimate of drug-likeness (QED) is 0.703. The van der Waals surface area contributed by atoms with Gasteiger partial charge in [0.05, 0.1) is 12.2 Å². The van der Waals surface area contributed by atoms with Crippen molar-refractivity contribution in [1.29, 1.82) is 0 Å². The Bertz CT molecular complexity index is 924. The third kappa shape index (κ3) is 4.67. The summed E-state index contributed by atoms with van der Waals surface area (Å²) in [6.45, 7) is 2.65. The van der Waals surface area contributed by atoms with E-state index < -0.39 is 6.04 Å². The second kappa shape index (κ2) is 8.63. The first-order chi connectivity index (χ1) is 14.0. The van der Waals surface area contributed by atoms with Crippen LogP contribution in [0.3, 0.4) is 0 Å². The minimum Gasteiger partial charge on any atom is -0.444 e. The molecule has 152 valence electrons. The van der Waals surface area contributed by atoms with Crippen LogP contribution >= 0.6 is 11.8 Å². The van der Waals surface area contributed by atoms with Crippen molar-refractivity contribution in [2.45, 2.75) is 37.5 Å². The molecule has 4 rings (SSSR count). The van der Waals surface area contributed by atoms with Crippen molar-refractivity contribution in [3.05, 3.63) is 59.6 Å². The van der Waals surface area contributed by atoms with Crippen LogP contribution in [0, 0.1) is 11.7 Å². The van der Waals surface area contributed by atoms with Gasteiger partial charge in [-0.15, -0.1) is 0 Å². The molecule has 1 saturated carbocycles. The number of likely N-dealkylation sites (tertiary alicyclic amines) is 1. The number of carbonyl (C=O) groups excluding carboxylic acids is 2. The number of piperidine rings is 1. The Labute approximate surface area is 173 Å².